The summed E-state index contributed by atoms with van der Waals surface area (Å²) in [6.45, 7) is 0.00479. The Hall–Kier alpha value is -5.06. The lowest BCUT2D eigenvalue weighted by Gasteiger charge is -2.21. The summed E-state index contributed by atoms with van der Waals surface area (Å²) in [5.74, 6) is -4.15. The van der Waals surface area contributed by atoms with Gasteiger partial charge in [0.1, 0.15) is 22.5 Å². The van der Waals surface area contributed by atoms with E-state index in [-0.39, 0.29) is 29.9 Å². The first-order chi connectivity index (χ1) is 17.7. The second kappa shape index (κ2) is 8.86. The predicted molar refractivity (Wildman–Crippen MR) is 127 cm³/mol. The monoisotopic (exact) mass is 508 g/mol. The maximum Gasteiger partial charge on any atom is 0.306 e. The van der Waals surface area contributed by atoms with E-state index in [2.05, 4.69) is 0 Å². The van der Waals surface area contributed by atoms with Crippen molar-refractivity contribution < 1.29 is 49.0 Å². The highest BCUT2D eigenvalue weighted by Crippen LogP contribution is 2.46. The molecular weight excluding hydrogens is 488 g/mol. The summed E-state index contributed by atoms with van der Waals surface area (Å²) in [4.78, 5) is 25.6. The Morgan fingerprint density at radius 2 is 1.68 bits per heavy atom. The molecule has 4 aromatic rings. The molecule has 0 spiro atoms. The normalized spacial score (nSPS) is 13.0. The van der Waals surface area contributed by atoms with Crippen LogP contribution in [0.25, 0.3) is 22.3 Å². The van der Waals surface area contributed by atoms with E-state index in [4.69, 9.17) is 18.6 Å². The van der Waals surface area contributed by atoms with Gasteiger partial charge in [-0.25, -0.2) is 0 Å². The molecular formula is C26H20O11. The number of hydrogen-bond donors (Lipinski definition) is 5. The van der Waals surface area contributed by atoms with Crippen molar-refractivity contribution in [1.29, 1.82) is 0 Å². The molecule has 1 aliphatic heterocycles. The van der Waals surface area contributed by atoms with Crippen LogP contribution in [0.15, 0.2) is 51.7 Å². The Kier molecular flexibility index (Phi) is 5.67. The van der Waals surface area contributed by atoms with Crippen LogP contribution in [-0.2, 0) is 9.53 Å². The molecule has 0 aliphatic carbocycles. The number of rotatable bonds is 5. The van der Waals surface area contributed by atoms with E-state index in [0.29, 0.717) is 17.1 Å². The van der Waals surface area contributed by atoms with Crippen molar-refractivity contribution in [2.24, 2.45) is 0 Å². The second-order valence-corrected chi connectivity index (χ2v) is 8.29. The summed E-state index contributed by atoms with van der Waals surface area (Å²) in [7, 11) is 1.20. The molecule has 2 heterocycles. The van der Waals surface area contributed by atoms with Crippen molar-refractivity contribution in [2.75, 3.05) is 13.9 Å². The first-order valence-electron chi connectivity index (χ1n) is 10.9. The van der Waals surface area contributed by atoms with Crippen LogP contribution in [0.1, 0.15) is 23.5 Å². The van der Waals surface area contributed by atoms with Crippen molar-refractivity contribution >= 4 is 16.9 Å². The quantitative estimate of drug-likeness (QED) is 0.197. The van der Waals surface area contributed by atoms with Gasteiger partial charge >= 0.3 is 5.97 Å². The summed E-state index contributed by atoms with van der Waals surface area (Å²) in [5.41, 5.74) is -0.886. The number of hydrogen-bond acceptors (Lipinski definition) is 11. The average Bonchev–Trinajstić information content (AvgIpc) is 3.34. The second-order valence-electron chi connectivity index (χ2n) is 8.29. The fourth-order valence-electron chi connectivity index (χ4n) is 4.31. The third kappa shape index (κ3) is 3.96. The molecule has 1 aromatic heterocycles. The van der Waals surface area contributed by atoms with E-state index in [1.807, 2.05) is 0 Å². The Morgan fingerprint density at radius 3 is 2.41 bits per heavy atom. The summed E-state index contributed by atoms with van der Waals surface area (Å²) in [6, 6.07) is 9.24. The van der Waals surface area contributed by atoms with Gasteiger partial charge in [0.2, 0.25) is 18.0 Å². The van der Waals surface area contributed by atoms with Crippen LogP contribution in [-0.4, -0.2) is 45.4 Å². The summed E-state index contributed by atoms with van der Waals surface area (Å²) < 4.78 is 21.5. The van der Waals surface area contributed by atoms with Crippen molar-refractivity contribution in [2.45, 2.75) is 12.3 Å². The third-order valence-electron chi connectivity index (χ3n) is 6.12. The fourth-order valence-corrected chi connectivity index (χ4v) is 4.31. The van der Waals surface area contributed by atoms with Crippen LogP contribution < -0.4 is 14.9 Å². The SMILES string of the molecule is COC(=O)CC(c1ccc2c(c1)OCO2)c1c(O)cc(O)c2c(=O)c(O)c(-c3ccc(O)c(O)c3)oc12. The van der Waals surface area contributed by atoms with Gasteiger partial charge in [0.25, 0.3) is 0 Å². The number of phenols is 4. The molecule has 190 valence electrons. The van der Waals surface area contributed by atoms with E-state index < -0.39 is 57.2 Å². The minimum Gasteiger partial charge on any atom is -0.507 e. The van der Waals surface area contributed by atoms with Gasteiger partial charge in [-0.05, 0) is 35.9 Å². The van der Waals surface area contributed by atoms with E-state index >= 15 is 0 Å². The highest BCUT2D eigenvalue weighted by molar-refractivity contribution is 5.92. The molecule has 0 saturated carbocycles. The minimum atomic E-state index is -1.02. The Balaban J connectivity index is 1.82. The van der Waals surface area contributed by atoms with Gasteiger partial charge in [0, 0.05) is 23.1 Å². The molecule has 11 heteroatoms. The van der Waals surface area contributed by atoms with E-state index in [9.17, 15) is 35.1 Å². The molecule has 1 unspecified atom stereocenters. The van der Waals surface area contributed by atoms with Crippen LogP contribution in [0.2, 0.25) is 0 Å². The lowest BCUT2D eigenvalue weighted by atomic mass is 9.86. The van der Waals surface area contributed by atoms with E-state index in [1.165, 1.54) is 13.2 Å². The van der Waals surface area contributed by atoms with Crippen LogP contribution in [0, 0.1) is 0 Å². The number of benzene rings is 3. The highest BCUT2D eigenvalue weighted by atomic mass is 16.7. The number of phenolic OH excluding ortho intramolecular Hbond substituents is 4. The number of methoxy groups -OCH3 is 1. The van der Waals surface area contributed by atoms with Crippen molar-refractivity contribution in [3.63, 3.8) is 0 Å². The van der Waals surface area contributed by atoms with Crippen LogP contribution in [0.3, 0.4) is 0 Å². The van der Waals surface area contributed by atoms with Gasteiger partial charge in [0.15, 0.2) is 28.8 Å². The Bertz CT molecular complexity index is 1620. The molecule has 0 bridgehead atoms. The van der Waals surface area contributed by atoms with Gasteiger partial charge in [0.05, 0.1) is 13.5 Å². The van der Waals surface area contributed by atoms with E-state index in [1.54, 1.807) is 18.2 Å². The fraction of sp³-hybridized carbons (Fsp3) is 0.154. The largest absolute Gasteiger partial charge is 0.507 e. The first kappa shape index (κ1) is 23.7. The number of esters is 1. The Morgan fingerprint density at radius 1 is 0.919 bits per heavy atom. The molecule has 0 radical (unpaired) electrons. The van der Waals surface area contributed by atoms with Crippen molar-refractivity contribution in [1.82, 2.24) is 0 Å². The molecule has 5 N–H and O–H groups in total. The molecule has 1 atom stereocenters. The smallest absolute Gasteiger partial charge is 0.306 e. The van der Waals surface area contributed by atoms with Gasteiger partial charge in [-0.3, -0.25) is 9.59 Å². The van der Waals surface area contributed by atoms with E-state index in [0.717, 1.165) is 18.2 Å². The molecule has 37 heavy (non-hydrogen) atoms. The predicted octanol–water partition coefficient (Wildman–Crippen LogP) is 3.41. The topological polar surface area (TPSA) is 176 Å². The number of carbonyl (C=O) groups excluding carboxylic acids is 1. The zero-order valence-electron chi connectivity index (χ0n) is 19.2. The third-order valence-corrected chi connectivity index (χ3v) is 6.12. The van der Waals surface area contributed by atoms with Crippen LogP contribution in [0.5, 0.6) is 40.2 Å². The number of fused-ring (bicyclic) bond motifs is 2. The molecule has 5 rings (SSSR count). The molecule has 0 saturated heterocycles. The number of ether oxygens (including phenoxy) is 3. The van der Waals surface area contributed by atoms with Gasteiger partial charge < -0.3 is 44.2 Å². The maximum atomic E-state index is 13.2. The van der Waals surface area contributed by atoms with Gasteiger partial charge in [-0.15, -0.1) is 0 Å². The Labute approximate surface area is 207 Å². The first-order valence-corrected chi connectivity index (χ1v) is 10.9. The van der Waals surface area contributed by atoms with Crippen molar-refractivity contribution in [3.8, 4) is 51.6 Å². The number of carbonyl (C=O) groups is 1. The molecule has 0 amide bonds. The minimum absolute atomic E-state index is 0.00479. The van der Waals surface area contributed by atoms with Crippen LogP contribution in [0.4, 0.5) is 0 Å². The summed E-state index contributed by atoms with van der Waals surface area (Å²) in [5, 5.41) is 51.2. The molecule has 1 aliphatic rings. The van der Waals surface area contributed by atoms with Crippen molar-refractivity contribution in [3.05, 3.63) is 63.8 Å². The van der Waals surface area contributed by atoms with Crippen LogP contribution >= 0.6 is 0 Å². The molecule has 0 fully saturated rings. The summed E-state index contributed by atoms with van der Waals surface area (Å²) in [6.07, 6.45) is -0.302. The highest BCUT2D eigenvalue weighted by Gasteiger charge is 2.31. The molecule has 3 aromatic carbocycles. The molecule has 11 nitrogen and oxygen atoms in total. The zero-order valence-corrected chi connectivity index (χ0v) is 19.2. The zero-order chi connectivity index (χ0) is 26.4. The number of aromatic hydroxyl groups is 5. The van der Waals surface area contributed by atoms with Gasteiger partial charge in [-0.1, -0.05) is 6.07 Å². The maximum absolute atomic E-state index is 13.2. The standard InChI is InChI=1S/C26H20O11/c1-34-20(31)8-13(11-3-5-18-19(7-11)36-10-35-18)21-16(29)9-17(30)22-23(32)24(33)25(37-26(21)22)12-2-4-14(27)15(28)6-12/h2-7,9,13,27-30,33H,8,10H2,1H3. The lowest BCUT2D eigenvalue weighted by Crippen LogP contribution is -2.12. The average molecular weight is 508 g/mol. The van der Waals surface area contributed by atoms with Gasteiger partial charge in [-0.2, -0.15) is 0 Å². The lowest BCUT2D eigenvalue weighted by molar-refractivity contribution is -0.140. The summed E-state index contributed by atoms with van der Waals surface area (Å²) >= 11 is 0.